The Kier molecular flexibility index (Phi) is 3.55. The molecule has 0 aliphatic heterocycles. The van der Waals surface area contributed by atoms with E-state index in [1.807, 2.05) is 55.5 Å². The molecule has 0 bridgehead atoms. The average Bonchev–Trinajstić information content (AvgIpc) is 2.38. The van der Waals surface area contributed by atoms with Gasteiger partial charge >= 0.3 is 0 Å². The van der Waals surface area contributed by atoms with Gasteiger partial charge in [-0.2, -0.15) is 0 Å². The fraction of sp³-hybridized carbons (Fsp3) is 0.133. The summed E-state index contributed by atoms with van der Waals surface area (Å²) in [4.78, 5) is 4.48. The van der Waals surface area contributed by atoms with Crippen LogP contribution in [-0.2, 0) is 6.54 Å². The van der Waals surface area contributed by atoms with E-state index in [0.29, 0.717) is 6.54 Å². The third kappa shape index (κ3) is 2.94. The van der Waals surface area contributed by atoms with E-state index in [4.69, 9.17) is 0 Å². The van der Waals surface area contributed by atoms with Crippen molar-refractivity contribution in [2.45, 2.75) is 13.5 Å². The molecule has 0 spiro atoms. The van der Waals surface area contributed by atoms with Crippen molar-refractivity contribution in [1.82, 2.24) is 0 Å². The van der Waals surface area contributed by atoms with Gasteiger partial charge in [0.25, 0.3) is 0 Å². The first-order valence-corrected chi connectivity index (χ1v) is 5.61. The van der Waals surface area contributed by atoms with Crippen LogP contribution >= 0.6 is 0 Å². The zero-order chi connectivity index (χ0) is 12.1. The van der Waals surface area contributed by atoms with Gasteiger partial charge in [-0.25, -0.2) is 0 Å². The molecule has 0 amide bonds. The number of phenols is 1. The zero-order valence-corrected chi connectivity index (χ0v) is 9.80. The second-order valence-electron chi connectivity index (χ2n) is 3.90. The van der Waals surface area contributed by atoms with E-state index in [-0.39, 0.29) is 5.75 Å². The maximum absolute atomic E-state index is 9.70. The van der Waals surface area contributed by atoms with E-state index in [2.05, 4.69) is 4.99 Å². The van der Waals surface area contributed by atoms with E-state index in [1.165, 1.54) is 5.56 Å². The predicted molar refractivity (Wildman–Crippen MR) is 70.5 cm³/mol. The maximum atomic E-state index is 9.70. The lowest BCUT2D eigenvalue weighted by Crippen LogP contribution is -1.96. The molecule has 0 saturated carbocycles. The lowest BCUT2D eigenvalue weighted by molar-refractivity contribution is 0.474. The van der Waals surface area contributed by atoms with Crippen LogP contribution < -0.4 is 0 Å². The standard InChI is InChI=1S/C15H15NO/c1-12(14-9-5-6-10-15(14)17)16-11-13-7-3-2-4-8-13/h2-10,17H,11H2,1H3/b16-12-. The SMILES string of the molecule is C/C(=N/Cc1ccccc1)c1ccccc1O. The van der Waals surface area contributed by atoms with Crippen molar-refractivity contribution >= 4 is 5.71 Å². The molecule has 2 nitrogen and oxygen atoms in total. The molecule has 17 heavy (non-hydrogen) atoms. The highest BCUT2D eigenvalue weighted by atomic mass is 16.3. The fourth-order valence-electron chi connectivity index (χ4n) is 1.66. The molecule has 2 heteroatoms. The van der Waals surface area contributed by atoms with Crippen molar-refractivity contribution in [1.29, 1.82) is 0 Å². The monoisotopic (exact) mass is 225 g/mol. The van der Waals surface area contributed by atoms with Gasteiger partial charge < -0.3 is 5.11 Å². The van der Waals surface area contributed by atoms with Gasteiger partial charge in [0.1, 0.15) is 5.75 Å². The minimum absolute atomic E-state index is 0.279. The number of aromatic hydroxyl groups is 1. The number of phenolic OH excluding ortho intramolecular Hbond substituents is 1. The van der Waals surface area contributed by atoms with Crippen LogP contribution in [-0.4, -0.2) is 10.8 Å². The van der Waals surface area contributed by atoms with E-state index in [1.54, 1.807) is 6.07 Å². The molecule has 0 fully saturated rings. The molecular formula is C15H15NO. The second-order valence-corrected chi connectivity index (χ2v) is 3.90. The quantitative estimate of drug-likeness (QED) is 0.798. The summed E-state index contributed by atoms with van der Waals surface area (Å²) in [5, 5.41) is 9.70. The Morgan fingerprint density at radius 2 is 1.65 bits per heavy atom. The summed E-state index contributed by atoms with van der Waals surface area (Å²) in [6.45, 7) is 2.55. The highest BCUT2D eigenvalue weighted by Gasteiger charge is 2.02. The molecule has 1 N–H and O–H groups in total. The summed E-state index contributed by atoms with van der Waals surface area (Å²) in [5.41, 5.74) is 2.82. The summed E-state index contributed by atoms with van der Waals surface area (Å²) in [6, 6.07) is 17.3. The molecule has 0 atom stereocenters. The summed E-state index contributed by atoms with van der Waals surface area (Å²) in [5.74, 6) is 0.279. The lowest BCUT2D eigenvalue weighted by atomic mass is 10.1. The predicted octanol–water partition coefficient (Wildman–Crippen LogP) is 3.40. The smallest absolute Gasteiger partial charge is 0.124 e. The van der Waals surface area contributed by atoms with Crippen LogP contribution in [0, 0.1) is 0 Å². The van der Waals surface area contributed by atoms with E-state index in [0.717, 1.165) is 11.3 Å². The third-order valence-corrected chi connectivity index (χ3v) is 2.64. The largest absolute Gasteiger partial charge is 0.507 e. The summed E-state index contributed by atoms with van der Waals surface area (Å²) in [6.07, 6.45) is 0. The zero-order valence-electron chi connectivity index (χ0n) is 9.80. The minimum Gasteiger partial charge on any atom is -0.507 e. The summed E-state index contributed by atoms with van der Waals surface area (Å²) in [7, 11) is 0. The van der Waals surface area contributed by atoms with Crippen molar-refractivity contribution < 1.29 is 5.11 Å². The van der Waals surface area contributed by atoms with Crippen LogP contribution in [0.5, 0.6) is 5.75 Å². The Morgan fingerprint density at radius 3 is 2.35 bits per heavy atom. The fourth-order valence-corrected chi connectivity index (χ4v) is 1.66. The lowest BCUT2D eigenvalue weighted by Gasteiger charge is -2.04. The van der Waals surface area contributed by atoms with Gasteiger partial charge in [-0.3, -0.25) is 4.99 Å². The summed E-state index contributed by atoms with van der Waals surface area (Å²) < 4.78 is 0. The molecule has 0 aliphatic carbocycles. The Morgan fingerprint density at radius 1 is 1.00 bits per heavy atom. The average molecular weight is 225 g/mol. The van der Waals surface area contributed by atoms with Gasteiger partial charge in [-0.15, -0.1) is 0 Å². The van der Waals surface area contributed by atoms with E-state index < -0.39 is 0 Å². The third-order valence-electron chi connectivity index (χ3n) is 2.64. The topological polar surface area (TPSA) is 32.6 Å². The van der Waals surface area contributed by atoms with E-state index in [9.17, 15) is 5.11 Å². The van der Waals surface area contributed by atoms with Gasteiger partial charge in [0, 0.05) is 11.3 Å². The van der Waals surface area contributed by atoms with Crippen molar-refractivity contribution in [3.63, 3.8) is 0 Å². The number of para-hydroxylation sites is 1. The number of hydrogen-bond acceptors (Lipinski definition) is 2. The second kappa shape index (κ2) is 5.30. The molecule has 2 aromatic carbocycles. The Balaban J connectivity index is 2.16. The molecule has 0 aliphatic rings. The van der Waals surface area contributed by atoms with Crippen molar-refractivity contribution in [2.24, 2.45) is 4.99 Å². The minimum atomic E-state index is 0.279. The Bertz CT molecular complexity index is 517. The number of benzene rings is 2. The number of hydrogen-bond donors (Lipinski definition) is 1. The molecule has 0 unspecified atom stereocenters. The van der Waals surface area contributed by atoms with Crippen molar-refractivity contribution in [3.05, 3.63) is 65.7 Å². The van der Waals surface area contributed by atoms with Gasteiger partial charge in [0.15, 0.2) is 0 Å². The maximum Gasteiger partial charge on any atom is 0.124 e. The van der Waals surface area contributed by atoms with Crippen LogP contribution in [0.15, 0.2) is 59.6 Å². The van der Waals surface area contributed by atoms with Gasteiger partial charge in [0.05, 0.1) is 6.54 Å². The highest BCUT2D eigenvalue weighted by molar-refractivity contribution is 6.00. The molecule has 0 radical (unpaired) electrons. The van der Waals surface area contributed by atoms with Crippen LogP contribution in [0.3, 0.4) is 0 Å². The van der Waals surface area contributed by atoms with Gasteiger partial charge in [-0.05, 0) is 24.6 Å². The van der Waals surface area contributed by atoms with E-state index >= 15 is 0 Å². The molecule has 0 heterocycles. The molecule has 0 saturated heterocycles. The normalized spacial score (nSPS) is 11.5. The van der Waals surface area contributed by atoms with Crippen LogP contribution in [0.25, 0.3) is 0 Å². The Labute approximate surface area is 101 Å². The first-order chi connectivity index (χ1) is 8.27. The first-order valence-electron chi connectivity index (χ1n) is 5.61. The van der Waals surface area contributed by atoms with Gasteiger partial charge in [-0.1, -0.05) is 42.5 Å². The molecule has 2 aromatic rings. The van der Waals surface area contributed by atoms with Crippen molar-refractivity contribution in [2.75, 3.05) is 0 Å². The molecule has 86 valence electrons. The number of rotatable bonds is 3. The molecule has 0 aromatic heterocycles. The van der Waals surface area contributed by atoms with Crippen LogP contribution in [0.1, 0.15) is 18.1 Å². The highest BCUT2D eigenvalue weighted by Crippen LogP contribution is 2.16. The Hall–Kier alpha value is -2.09. The molecule has 2 rings (SSSR count). The van der Waals surface area contributed by atoms with Crippen LogP contribution in [0.4, 0.5) is 0 Å². The molecular weight excluding hydrogens is 210 g/mol. The number of aliphatic imine (C=N–C) groups is 1. The van der Waals surface area contributed by atoms with Crippen molar-refractivity contribution in [3.8, 4) is 5.75 Å². The van der Waals surface area contributed by atoms with Crippen LogP contribution in [0.2, 0.25) is 0 Å². The summed E-state index contributed by atoms with van der Waals surface area (Å²) >= 11 is 0. The van der Waals surface area contributed by atoms with Gasteiger partial charge in [0.2, 0.25) is 0 Å². The first kappa shape index (κ1) is 11.4. The number of nitrogens with zero attached hydrogens (tertiary/aromatic N) is 1.